The standard InChI is InChI=1S/C14H13NO8S/c1-20-10-4-8-3-9(14(16)17)15(13-6-22-7-23-13)24(18,19)12(8)5-11(10)21-2/h3-6H,7H2,1-2H3,(H,16,17). The summed E-state index contributed by atoms with van der Waals surface area (Å²) in [5, 5.41) is 9.40. The Hall–Kier alpha value is -2.88. The van der Waals surface area contributed by atoms with Crippen LogP contribution >= 0.6 is 0 Å². The van der Waals surface area contributed by atoms with Gasteiger partial charge in [0.25, 0.3) is 10.0 Å². The van der Waals surface area contributed by atoms with Gasteiger partial charge in [0, 0.05) is 11.6 Å². The SMILES string of the molecule is COc1cc2c(cc1OC)S(=O)(=O)N(C1=COCO1)C(C(=O)O)=C2. The third-order valence-electron chi connectivity index (χ3n) is 3.42. The van der Waals surface area contributed by atoms with E-state index < -0.39 is 21.7 Å². The predicted molar refractivity (Wildman–Crippen MR) is 79.3 cm³/mol. The molecule has 0 amide bonds. The van der Waals surface area contributed by atoms with Crippen molar-refractivity contribution in [1.29, 1.82) is 0 Å². The number of carboxylic acids is 1. The summed E-state index contributed by atoms with van der Waals surface area (Å²) in [4.78, 5) is 11.4. The fourth-order valence-electron chi connectivity index (χ4n) is 2.37. The summed E-state index contributed by atoms with van der Waals surface area (Å²) in [6.07, 6.45) is 2.25. The van der Waals surface area contributed by atoms with Gasteiger partial charge >= 0.3 is 5.97 Å². The summed E-state index contributed by atoms with van der Waals surface area (Å²) in [7, 11) is -1.48. The smallest absolute Gasteiger partial charge is 0.353 e. The van der Waals surface area contributed by atoms with Crippen molar-refractivity contribution < 1.29 is 37.3 Å². The molecule has 0 saturated carbocycles. The highest BCUT2D eigenvalue weighted by Gasteiger charge is 2.41. The van der Waals surface area contributed by atoms with Crippen LogP contribution in [-0.2, 0) is 24.3 Å². The van der Waals surface area contributed by atoms with E-state index in [1.165, 1.54) is 32.4 Å². The molecule has 0 fully saturated rings. The number of sulfonamides is 1. The molecule has 2 aliphatic heterocycles. The molecule has 0 unspecified atom stereocenters. The van der Waals surface area contributed by atoms with Crippen LogP contribution in [-0.4, -0.2) is 44.8 Å². The van der Waals surface area contributed by atoms with E-state index >= 15 is 0 Å². The zero-order valence-corrected chi connectivity index (χ0v) is 13.5. The summed E-state index contributed by atoms with van der Waals surface area (Å²) in [5.74, 6) is -1.19. The Labute approximate surface area is 137 Å². The van der Waals surface area contributed by atoms with Crippen molar-refractivity contribution in [3.63, 3.8) is 0 Å². The van der Waals surface area contributed by atoms with E-state index in [0.717, 1.165) is 6.26 Å². The van der Waals surface area contributed by atoms with Crippen LogP contribution in [0.4, 0.5) is 0 Å². The number of hydrogen-bond acceptors (Lipinski definition) is 7. The molecule has 0 radical (unpaired) electrons. The third-order valence-corrected chi connectivity index (χ3v) is 5.19. The highest BCUT2D eigenvalue weighted by Crippen LogP contribution is 2.40. The fourth-order valence-corrected chi connectivity index (χ4v) is 3.96. The number of rotatable bonds is 4. The van der Waals surface area contributed by atoms with Gasteiger partial charge in [-0.2, -0.15) is 4.31 Å². The first kappa shape index (κ1) is 16.0. The lowest BCUT2D eigenvalue weighted by atomic mass is 10.1. The van der Waals surface area contributed by atoms with E-state index in [0.29, 0.717) is 4.31 Å². The van der Waals surface area contributed by atoms with Crippen molar-refractivity contribution in [2.24, 2.45) is 0 Å². The van der Waals surface area contributed by atoms with E-state index in [9.17, 15) is 18.3 Å². The minimum absolute atomic E-state index is 0.137. The Morgan fingerprint density at radius 1 is 1.25 bits per heavy atom. The zero-order valence-electron chi connectivity index (χ0n) is 12.7. The predicted octanol–water partition coefficient (Wildman–Crippen LogP) is 0.937. The second kappa shape index (κ2) is 5.64. The molecule has 9 nitrogen and oxygen atoms in total. The van der Waals surface area contributed by atoms with Crippen LogP contribution in [0, 0.1) is 0 Å². The molecule has 1 N–H and O–H groups in total. The minimum atomic E-state index is -4.24. The second-order valence-electron chi connectivity index (χ2n) is 4.73. The third kappa shape index (κ3) is 2.31. The summed E-state index contributed by atoms with van der Waals surface area (Å²) in [5.41, 5.74) is -0.327. The lowest BCUT2D eigenvalue weighted by molar-refractivity contribution is -0.133. The normalized spacial score (nSPS) is 17.8. The topological polar surface area (TPSA) is 112 Å². The largest absolute Gasteiger partial charge is 0.493 e. The molecule has 0 saturated heterocycles. The quantitative estimate of drug-likeness (QED) is 0.849. The molecular formula is C14H13NO8S. The number of benzene rings is 1. The summed E-state index contributed by atoms with van der Waals surface area (Å²) >= 11 is 0. The van der Waals surface area contributed by atoms with Crippen LogP contribution in [0.5, 0.6) is 11.5 Å². The second-order valence-corrected chi connectivity index (χ2v) is 6.49. The first-order chi connectivity index (χ1) is 11.4. The van der Waals surface area contributed by atoms with Crippen LogP contribution in [0.2, 0.25) is 0 Å². The molecule has 1 aromatic rings. The molecule has 3 rings (SSSR count). The van der Waals surface area contributed by atoms with Crippen LogP contribution in [0.1, 0.15) is 5.56 Å². The van der Waals surface area contributed by atoms with E-state index in [2.05, 4.69) is 0 Å². The van der Waals surface area contributed by atoms with E-state index in [-0.39, 0.29) is 34.6 Å². The first-order valence-electron chi connectivity index (χ1n) is 6.61. The van der Waals surface area contributed by atoms with Crippen LogP contribution < -0.4 is 9.47 Å². The molecule has 0 atom stereocenters. The van der Waals surface area contributed by atoms with Crippen molar-refractivity contribution >= 4 is 22.1 Å². The Morgan fingerprint density at radius 3 is 2.46 bits per heavy atom. The molecule has 1 aromatic carbocycles. The summed E-state index contributed by atoms with van der Waals surface area (Å²) in [6.45, 7) is -0.201. The van der Waals surface area contributed by atoms with Crippen molar-refractivity contribution in [2.75, 3.05) is 21.0 Å². The van der Waals surface area contributed by atoms with Crippen molar-refractivity contribution in [1.82, 2.24) is 4.31 Å². The fraction of sp³-hybridized carbons (Fsp3) is 0.214. The number of hydrogen-bond donors (Lipinski definition) is 1. The molecule has 0 bridgehead atoms. The summed E-state index contributed by atoms with van der Waals surface area (Å²) < 4.78 is 46.6. The van der Waals surface area contributed by atoms with Gasteiger partial charge in [-0.25, -0.2) is 13.2 Å². The molecular weight excluding hydrogens is 342 g/mol. The average Bonchev–Trinajstić information content (AvgIpc) is 3.06. The van der Waals surface area contributed by atoms with E-state index in [1.54, 1.807) is 0 Å². The number of carbonyl (C=O) groups is 1. The molecule has 128 valence electrons. The Bertz CT molecular complexity index is 871. The van der Waals surface area contributed by atoms with Gasteiger partial charge < -0.3 is 24.1 Å². The van der Waals surface area contributed by atoms with Crippen molar-refractivity contribution in [3.8, 4) is 11.5 Å². The molecule has 24 heavy (non-hydrogen) atoms. The molecule has 0 aromatic heterocycles. The van der Waals surface area contributed by atoms with Crippen molar-refractivity contribution in [2.45, 2.75) is 4.90 Å². The van der Waals surface area contributed by atoms with E-state index in [1.807, 2.05) is 0 Å². The highest BCUT2D eigenvalue weighted by molar-refractivity contribution is 7.89. The number of ether oxygens (including phenoxy) is 4. The van der Waals surface area contributed by atoms with Gasteiger partial charge in [-0.3, -0.25) is 0 Å². The van der Waals surface area contributed by atoms with Gasteiger partial charge in [-0.1, -0.05) is 0 Å². The Kier molecular flexibility index (Phi) is 3.76. The summed E-state index contributed by atoms with van der Waals surface area (Å²) in [6, 6.07) is 2.66. The van der Waals surface area contributed by atoms with Gasteiger partial charge in [0.15, 0.2) is 11.5 Å². The Morgan fingerprint density at radius 2 is 1.92 bits per heavy atom. The first-order valence-corrected chi connectivity index (χ1v) is 8.05. The minimum Gasteiger partial charge on any atom is -0.493 e. The van der Waals surface area contributed by atoms with Gasteiger partial charge in [0.1, 0.15) is 12.0 Å². The lowest BCUT2D eigenvalue weighted by Crippen LogP contribution is -2.36. The number of nitrogens with zero attached hydrogens (tertiary/aromatic N) is 1. The van der Waals surface area contributed by atoms with E-state index in [4.69, 9.17) is 18.9 Å². The van der Waals surface area contributed by atoms with Gasteiger partial charge in [0.05, 0.1) is 19.1 Å². The number of fused-ring (bicyclic) bond motifs is 1. The van der Waals surface area contributed by atoms with Crippen molar-refractivity contribution in [3.05, 3.63) is 35.5 Å². The molecule has 0 spiro atoms. The maximum Gasteiger partial charge on any atom is 0.353 e. The van der Waals surface area contributed by atoms with Gasteiger partial charge in [-0.15, -0.1) is 0 Å². The molecule has 0 aliphatic carbocycles. The monoisotopic (exact) mass is 355 g/mol. The highest BCUT2D eigenvalue weighted by atomic mass is 32.2. The van der Waals surface area contributed by atoms with Gasteiger partial charge in [-0.05, 0) is 12.1 Å². The van der Waals surface area contributed by atoms with Crippen LogP contribution in [0.15, 0.2) is 34.9 Å². The maximum atomic E-state index is 12.9. The average molecular weight is 355 g/mol. The Balaban J connectivity index is 2.28. The number of carboxylic acid groups (broad SMARTS) is 1. The number of methoxy groups -OCH3 is 2. The molecule has 2 heterocycles. The molecule has 10 heteroatoms. The lowest BCUT2D eigenvalue weighted by Gasteiger charge is -2.28. The zero-order chi connectivity index (χ0) is 17.5. The maximum absolute atomic E-state index is 12.9. The number of aliphatic carboxylic acids is 1. The van der Waals surface area contributed by atoms with Gasteiger partial charge in [0.2, 0.25) is 12.7 Å². The van der Waals surface area contributed by atoms with Crippen LogP contribution in [0.3, 0.4) is 0 Å². The molecule has 2 aliphatic rings. The van der Waals surface area contributed by atoms with Crippen LogP contribution in [0.25, 0.3) is 6.08 Å².